The van der Waals surface area contributed by atoms with Gasteiger partial charge in [-0.1, -0.05) is 67.5 Å². The maximum Gasteiger partial charge on any atom is 0.323 e. The van der Waals surface area contributed by atoms with Crippen molar-refractivity contribution in [2.45, 2.75) is 129 Å². The molecule has 398 valence electrons. The van der Waals surface area contributed by atoms with Crippen LogP contribution in [0.25, 0.3) is 0 Å². The van der Waals surface area contributed by atoms with E-state index in [4.69, 9.17) is 8.83 Å². The summed E-state index contributed by atoms with van der Waals surface area (Å²) < 4.78 is 11.2. The number of benzene rings is 2. The van der Waals surface area contributed by atoms with Crippen LogP contribution in [-0.4, -0.2) is 130 Å². The molecule has 0 spiro atoms. The van der Waals surface area contributed by atoms with Gasteiger partial charge >= 0.3 is 17.9 Å². The fourth-order valence-electron chi connectivity index (χ4n) is 13.3. The molecule has 74 heavy (non-hydrogen) atoms. The molecule has 2 aromatic heterocycles. The van der Waals surface area contributed by atoms with E-state index in [9.17, 15) is 44.1 Å². The predicted octanol–water partition coefficient (Wildman–Crippen LogP) is 9.41. The van der Waals surface area contributed by atoms with Crippen molar-refractivity contribution in [2.75, 3.05) is 62.2 Å². The third kappa shape index (κ3) is 12.8. The van der Waals surface area contributed by atoms with Crippen LogP contribution in [0.3, 0.4) is 0 Å². The minimum Gasteiger partial charge on any atom is -0.481 e. The summed E-state index contributed by atoms with van der Waals surface area (Å²) in [6, 6.07) is 22.5. The number of hydrogen-bond donors (Lipinski definition) is 3. The van der Waals surface area contributed by atoms with Crippen LogP contribution in [-0.2, 0) is 19.2 Å². The van der Waals surface area contributed by atoms with Crippen molar-refractivity contribution >= 4 is 47.0 Å². The number of rotatable bonds is 21. The van der Waals surface area contributed by atoms with Gasteiger partial charge in [-0.05, 0) is 156 Å². The van der Waals surface area contributed by atoms with Crippen molar-refractivity contribution in [1.82, 2.24) is 14.7 Å². The minimum absolute atomic E-state index is 0.0636. The van der Waals surface area contributed by atoms with Crippen LogP contribution in [0.2, 0.25) is 0 Å². The lowest BCUT2D eigenvalue weighted by Crippen LogP contribution is -2.54. The number of aliphatic carboxylic acids is 3. The Labute approximate surface area is 434 Å². The second-order valence-electron chi connectivity index (χ2n) is 21.8. The number of anilines is 2. The van der Waals surface area contributed by atoms with E-state index in [1.165, 1.54) is 12.5 Å². The quantitative estimate of drug-likeness (QED) is 0.0712. The van der Waals surface area contributed by atoms with E-state index < -0.39 is 59.6 Å². The molecule has 2 aromatic carbocycles. The van der Waals surface area contributed by atoms with Crippen LogP contribution in [0.1, 0.15) is 135 Å². The third-order valence-corrected chi connectivity index (χ3v) is 17.1. The Kier molecular flexibility index (Phi) is 17.8. The number of aryl methyl sites for hydroxylation is 2. The summed E-state index contributed by atoms with van der Waals surface area (Å²) in [5, 5.41) is 31.4. The zero-order chi connectivity index (χ0) is 52.4. The van der Waals surface area contributed by atoms with Gasteiger partial charge in [-0.25, -0.2) is 0 Å². The lowest BCUT2D eigenvalue weighted by molar-refractivity contribution is -0.162. The Morgan fingerprint density at radius 3 is 1.49 bits per heavy atom. The van der Waals surface area contributed by atoms with Gasteiger partial charge in [0, 0.05) is 56.1 Å². The summed E-state index contributed by atoms with van der Waals surface area (Å²) >= 11 is 0. The second kappa shape index (κ2) is 24.4. The molecule has 4 fully saturated rings. The van der Waals surface area contributed by atoms with Crippen molar-refractivity contribution in [3.05, 3.63) is 108 Å². The fraction of sp³-hybridized carbons (Fsp3) is 0.552. The van der Waals surface area contributed by atoms with Gasteiger partial charge < -0.3 is 48.7 Å². The topological polar surface area (TPSA) is 206 Å². The van der Waals surface area contributed by atoms with Gasteiger partial charge in [-0.2, -0.15) is 0 Å². The number of likely N-dealkylation sites (tertiary alicyclic amines) is 2. The molecule has 0 radical (unpaired) electrons. The molecule has 4 heterocycles. The number of furan rings is 2. The molecule has 16 heteroatoms. The SMILES string of the molecule is Cc1ccc(N(C(=O)c2ccco2)C2CCN(CCC3(CC(=O)N(CC(=O)O)CC(=O)O)CCCCC3C(C(=O)O)C3(CCN4CCC(N(C(=O)c5ccco5)c5ccc(C)cc5)CC4)CCCCC3)CC2)cc1. The van der Waals surface area contributed by atoms with Crippen molar-refractivity contribution in [3.8, 4) is 0 Å². The average molecular weight is 1020 g/mol. The predicted molar refractivity (Wildman–Crippen MR) is 279 cm³/mol. The van der Waals surface area contributed by atoms with Crippen LogP contribution >= 0.6 is 0 Å². The standard InChI is InChI=1S/C58H75N5O11/c1-41-13-17-43(18-14-41)62(54(69)48-11-8-36-73-48)45-21-30-59(31-22-45)34-28-57(25-5-3-6-26-57)53(56(71)72)47-10-4-7-27-58(47,38-50(64)61(39-51(65)66)40-52(67)68)29-35-60-32-23-46(24-33-60)63(44-19-15-42(2)16-20-44)55(70)49-12-9-37-74-49/h8-9,11-20,36-37,45-47,53H,3-7,10,21-35,38-40H2,1-2H3,(H,65,66)(H,67,68)(H,71,72). The largest absolute Gasteiger partial charge is 0.481 e. The number of amides is 3. The van der Waals surface area contributed by atoms with Crippen molar-refractivity contribution in [1.29, 1.82) is 0 Å². The van der Waals surface area contributed by atoms with Crippen molar-refractivity contribution < 1.29 is 52.9 Å². The number of carboxylic acid groups (broad SMARTS) is 3. The summed E-state index contributed by atoms with van der Waals surface area (Å²) in [7, 11) is 0. The molecule has 0 bridgehead atoms. The highest BCUT2D eigenvalue weighted by atomic mass is 16.4. The smallest absolute Gasteiger partial charge is 0.323 e. The van der Waals surface area contributed by atoms with E-state index in [2.05, 4.69) is 9.80 Å². The molecule has 4 aliphatic rings. The van der Waals surface area contributed by atoms with Gasteiger partial charge in [-0.15, -0.1) is 0 Å². The van der Waals surface area contributed by atoms with Crippen LogP contribution in [0, 0.1) is 36.5 Å². The molecular formula is C58H75N5O11. The molecule has 3 atom stereocenters. The molecule has 3 N–H and O–H groups in total. The van der Waals surface area contributed by atoms with Crippen LogP contribution in [0.4, 0.5) is 11.4 Å². The molecule has 2 saturated carbocycles. The summed E-state index contributed by atoms with van der Waals surface area (Å²) in [6.07, 6.45) is 13.8. The third-order valence-electron chi connectivity index (χ3n) is 17.1. The molecule has 4 aromatic rings. The first-order valence-electron chi connectivity index (χ1n) is 26.9. The summed E-state index contributed by atoms with van der Waals surface area (Å²) in [5.74, 6) is -5.14. The number of nitrogens with zero attached hydrogens (tertiary/aromatic N) is 5. The Bertz CT molecular complexity index is 2490. The van der Waals surface area contributed by atoms with E-state index in [1.54, 1.807) is 24.3 Å². The van der Waals surface area contributed by atoms with Gasteiger partial charge in [0.05, 0.1) is 18.4 Å². The maximum atomic E-state index is 14.5. The zero-order valence-corrected chi connectivity index (χ0v) is 43.2. The van der Waals surface area contributed by atoms with Crippen molar-refractivity contribution in [2.24, 2.45) is 22.7 Å². The average Bonchev–Trinajstić information content (AvgIpc) is 4.15. The Morgan fingerprint density at radius 2 is 1.05 bits per heavy atom. The zero-order valence-electron chi connectivity index (χ0n) is 43.2. The number of hydrogen-bond acceptors (Lipinski definition) is 10. The Balaban J connectivity index is 1.03. The molecule has 2 saturated heterocycles. The van der Waals surface area contributed by atoms with Gasteiger partial charge in [0.25, 0.3) is 11.8 Å². The molecule has 8 rings (SSSR count). The first kappa shape index (κ1) is 54.0. The van der Waals surface area contributed by atoms with Gasteiger partial charge in [-0.3, -0.25) is 28.8 Å². The van der Waals surface area contributed by atoms with E-state index in [-0.39, 0.29) is 41.8 Å². The first-order valence-corrected chi connectivity index (χ1v) is 26.9. The lowest BCUT2D eigenvalue weighted by atomic mass is 9.51. The number of carboxylic acids is 3. The van der Waals surface area contributed by atoms with Crippen molar-refractivity contribution in [3.63, 3.8) is 0 Å². The number of carbonyl (C=O) groups is 6. The Morgan fingerprint density at radius 1 is 0.595 bits per heavy atom. The Hall–Kier alpha value is -6.26. The van der Waals surface area contributed by atoms with Crippen LogP contribution in [0.15, 0.2) is 94.2 Å². The molecule has 2 aliphatic carbocycles. The monoisotopic (exact) mass is 1020 g/mol. The molecule has 3 unspecified atom stereocenters. The van der Waals surface area contributed by atoms with E-state index in [1.807, 2.05) is 72.2 Å². The van der Waals surface area contributed by atoms with Crippen LogP contribution in [0.5, 0.6) is 0 Å². The van der Waals surface area contributed by atoms with E-state index >= 15 is 0 Å². The number of piperidine rings is 2. The van der Waals surface area contributed by atoms with Crippen LogP contribution < -0.4 is 9.80 Å². The normalized spacial score (nSPS) is 21.4. The van der Waals surface area contributed by atoms with E-state index in [0.29, 0.717) is 64.7 Å². The van der Waals surface area contributed by atoms with Gasteiger partial charge in [0.1, 0.15) is 13.1 Å². The summed E-state index contributed by atoms with van der Waals surface area (Å²) in [6.45, 7) is 6.50. The molecule has 16 nitrogen and oxygen atoms in total. The molecule has 3 amide bonds. The highest BCUT2D eigenvalue weighted by Gasteiger charge is 2.55. The second-order valence-corrected chi connectivity index (χ2v) is 21.8. The summed E-state index contributed by atoms with van der Waals surface area (Å²) in [4.78, 5) is 90.3. The lowest BCUT2D eigenvalue weighted by Gasteiger charge is -2.54. The molecule has 2 aliphatic heterocycles. The maximum absolute atomic E-state index is 14.5. The highest BCUT2D eigenvalue weighted by molar-refractivity contribution is 6.05. The first-order chi connectivity index (χ1) is 35.6. The fourth-order valence-corrected chi connectivity index (χ4v) is 13.3. The molecular weight excluding hydrogens is 943 g/mol. The van der Waals surface area contributed by atoms with E-state index in [0.717, 1.165) is 98.3 Å². The number of carbonyl (C=O) groups excluding carboxylic acids is 3. The van der Waals surface area contributed by atoms with Gasteiger partial charge in [0.2, 0.25) is 5.91 Å². The minimum atomic E-state index is -1.32. The van der Waals surface area contributed by atoms with Gasteiger partial charge in [0.15, 0.2) is 11.5 Å². The summed E-state index contributed by atoms with van der Waals surface area (Å²) in [5.41, 5.74) is 2.36. The highest BCUT2D eigenvalue weighted by Crippen LogP contribution is 2.58.